The molecule has 98 valence electrons. The Morgan fingerprint density at radius 2 is 1.94 bits per heavy atom. The average molecular weight is 305 g/mol. The van der Waals surface area contributed by atoms with E-state index in [0.29, 0.717) is 6.42 Å². The van der Waals surface area contributed by atoms with Crippen LogP contribution in [0.15, 0.2) is 16.8 Å². The van der Waals surface area contributed by atoms with Gasteiger partial charge in [0.25, 0.3) is 0 Å². The lowest BCUT2D eigenvalue weighted by atomic mass is 10.1. The summed E-state index contributed by atoms with van der Waals surface area (Å²) in [4.78, 5) is 12.8. The van der Waals surface area contributed by atoms with Gasteiger partial charge in [0.15, 0.2) is 6.79 Å². The van der Waals surface area contributed by atoms with Crippen molar-refractivity contribution in [3.8, 4) is 0 Å². The van der Waals surface area contributed by atoms with E-state index in [1.807, 2.05) is 6.08 Å². The first-order chi connectivity index (χ1) is 8.31. The summed E-state index contributed by atoms with van der Waals surface area (Å²) in [5.74, 6) is -0.169. The molecule has 0 bridgehead atoms. The highest BCUT2D eigenvalue weighted by Crippen LogP contribution is 2.08. The van der Waals surface area contributed by atoms with Crippen molar-refractivity contribution in [2.24, 2.45) is 0 Å². The number of halogens is 1. The van der Waals surface area contributed by atoms with Gasteiger partial charge in [-0.25, -0.2) is 0 Å². The Hall–Kier alpha value is -0.570. The number of carbonyl (C=O) groups excluding carboxylic acids is 1. The average Bonchev–Trinajstić information content (AvgIpc) is 2.34. The Bertz CT molecular complexity index is 245. The third-order valence-electron chi connectivity index (χ3n) is 2.25. The Labute approximate surface area is 112 Å². The molecule has 0 saturated carbocycles. The smallest absolute Gasteiger partial charge is 0.307 e. The molecule has 17 heavy (non-hydrogen) atoms. The summed E-state index contributed by atoms with van der Waals surface area (Å²) in [5.41, 5.74) is 2.98. The van der Waals surface area contributed by atoms with Crippen molar-refractivity contribution < 1.29 is 14.3 Å². The van der Waals surface area contributed by atoms with E-state index in [-0.39, 0.29) is 12.8 Å². The molecular formula is C13H21BrO3. The summed E-state index contributed by atoms with van der Waals surface area (Å²) in [5, 5.41) is 0. The van der Waals surface area contributed by atoms with Crippen LogP contribution in [0.1, 0.15) is 44.9 Å². The summed E-state index contributed by atoms with van der Waals surface area (Å²) in [6, 6.07) is 0. The molecule has 0 heterocycles. The van der Waals surface area contributed by atoms with Gasteiger partial charge in [-0.2, -0.15) is 0 Å². The van der Waals surface area contributed by atoms with Gasteiger partial charge in [0.05, 0.1) is 0 Å². The topological polar surface area (TPSA) is 35.5 Å². The van der Waals surface area contributed by atoms with Crippen molar-refractivity contribution in [3.05, 3.63) is 16.8 Å². The maximum absolute atomic E-state index is 11.1. The number of hydrogen-bond donors (Lipinski definition) is 0. The second kappa shape index (κ2) is 13.5. The predicted molar refractivity (Wildman–Crippen MR) is 71.9 cm³/mol. The largest absolute Gasteiger partial charge is 0.438 e. The van der Waals surface area contributed by atoms with Gasteiger partial charge in [0.1, 0.15) is 0 Å². The fourth-order valence-corrected chi connectivity index (χ4v) is 1.56. The highest BCUT2D eigenvalue weighted by Gasteiger charge is 2.01. The zero-order chi connectivity index (χ0) is 12.8. The van der Waals surface area contributed by atoms with E-state index < -0.39 is 0 Å². The molecule has 0 aliphatic heterocycles. The molecule has 0 spiro atoms. The Morgan fingerprint density at radius 1 is 1.24 bits per heavy atom. The van der Waals surface area contributed by atoms with E-state index in [4.69, 9.17) is 4.74 Å². The van der Waals surface area contributed by atoms with Crippen LogP contribution in [0.4, 0.5) is 0 Å². The number of ether oxygens (including phenoxy) is 2. The molecule has 0 unspecified atom stereocenters. The molecule has 0 aromatic rings. The SMILES string of the molecule is COCOC(=O)CCCCCCCC=C=CBr. The number of hydrogen-bond acceptors (Lipinski definition) is 3. The number of allylic oxidation sites excluding steroid dienone is 1. The van der Waals surface area contributed by atoms with E-state index in [9.17, 15) is 4.79 Å². The summed E-state index contributed by atoms with van der Waals surface area (Å²) in [6.45, 7) is 0.0618. The molecule has 4 heteroatoms. The van der Waals surface area contributed by atoms with Crippen molar-refractivity contribution >= 4 is 21.9 Å². The molecule has 0 atom stereocenters. The van der Waals surface area contributed by atoms with Crippen LogP contribution in [0.2, 0.25) is 0 Å². The number of esters is 1. The second-order valence-corrected chi connectivity index (χ2v) is 4.17. The fourth-order valence-electron chi connectivity index (χ4n) is 1.37. The zero-order valence-corrected chi connectivity index (χ0v) is 12.0. The van der Waals surface area contributed by atoms with Gasteiger partial charge in [-0.15, -0.1) is 5.73 Å². The van der Waals surface area contributed by atoms with Gasteiger partial charge in [-0.1, -0.05) is 35.2 Å². The molecule has 3 nitrogen and oxygen atoms in total. The second-order valence-electron chi connectivity index (χ2n) is 3.71. The normalized spacial score (nSPS) is 9.53. The van der Waals surface area contributed by atoms with Crippen molar-refractivity contribution in [3.63, 3.8) is 0 Å². The third kappa shape index (κ3) is 13.4. The van der Waals surface area contributed by atoms with Crippen LogP contribution < -0.4 is 0 Å². The van der Waals surface area contributed by atoms with Crippen LogP contribution >= 0.6 is 15.9 Å². The first-order valence-electron chi connectivity index (χ1n) is 5.95. The molecule has 0 fully saturated rings. The number of methoxy groups -OCH3 is 1. The monoisotopic (exact) mass is 304 g/mol. The van der Waals surface area contributed by atoms with Crippen molar-refractivity contribution in [1.82, 2.24) is 0 Å². The molecule has 0 aromatic carbocycles. The molecule has 0 rings (SSSR count). The van der Waals surface area contributed by atoms with Crippen molar-refractivity contribution in [1.29, 1.82) is 0 Å². The van der Waals surface area contributed by atoms with Crippen LogP contribution in [0, 0.1) is 0 Å². The van der Waals surface area contributed by atoms with Crippen LogP contribution in [0.3, 0.4) is 0 Å². The Balaban J connectivity index is 3.18. The molecule has 0 saturated heterocycles. The fraction of sp³-hybridized carbons (Fsp3) is 0.692. The third-order valence-corrected chi connectivity index (χ3v) is 2.51. The summed E-state index contributed by atoms with van der Waals surface area (Å²) in [7, 11) is 1.51. The summed E-state index contributed by atoms with van der Waals surface area (Å²) < 4.78 is 9.43. The minimum atomic E-state index is -0.169. The first kappa shape index (κ1) is 16.4. The number of rotatable bonds is 10. The quantitative estimate of drug-likeness (QED) is 0.265. The standard InChI is InChI=1S/C13H21BrO3/c1-16-12-17-13(15)10-8-6-4-2-3-5-7-9-11-14/h7,11H,2-6,8,10,12H2,1H3. The highest BCUT2D eigenvalue weighted by molar-refractivity contribution is 9.11. The van der Waals surface area contributed by atoms with Gasteiger partial charge in [-0.3, -0.25) is 4.79 Å². The number of unbranched alkanes of at least 4 members (excludes halogenated alkanes) is 5. The lowest BCUT2D eigenvalue weighted by molar-refractivity contribution is -0.154. The predicted octanol–water partition coefficient (Wildman–Crippen LogP) is 3.93. The molecule has 0 aromatic heterocycles. The maximum Gasteiger partial charge on any atom is 0.307 e. The Morgan fingerprint density at radius 3 is 2.65 bits per heavy atom. The van der Waals surface area contributed by atoms with E-state index in [0.717, 1.165) is 19.3 Å². The molecule has 0 aliphatic rings. The van der Waals surface area contributed by atoms with Crippen LogP contribution in [0.5, 0.6) is 0 Å². The van der Waals surface area contributed by atoms with Gasteiger partial charge in [-0.05, 0) is 25.3 Å². The van der Waals surface area contributed by atoms with Crippen molar-refractivity contribution in [2.75, 3.05) is 13.9 Å². The summed E-state index contributed by atoms with van der Waals surface area (Å²) >= 11 is 3.16. The minimum Gasteiger partial charge on any atom is -0.438 e. The van der Waals surface area contributed by atoms with E-state index in [1.54, 1.807) is 4.99 Å². The molecule has 0 aliphatic carbocycles. The van der Waals surface area contributed by atoms with Gasteiger partial charge in [0, 0.05) is 18.5 Å². The maximum atomic E-state index is 11.1. The Kier molecular flexibility index (Phi) is 13.0. The molecule has 0 amide bonds. The molecular weight excluding hydrogens is 284 g/mol. The highest BCUT2D eigenvalue weighted by atomic mass is 79.9. The van der Waals surface area contributed by atoms with E-state index in [1.165, 1.54) is 26.4 Å². The lowest BCUT2D eigenvalue weighted by Crippen LogP contribution is -2.06. The number of carbonyl (C=O) groups is 1. The molecule has 0 radical (unpaired) electrons. The van der Waals surface area contributed by atoms with E-state index >= 15 is 0 Å². The zero-order valence-electron chi connectivity index (χ0n) is 10.4. The first-order valence-corrected chi connectivity index (χ1v) is 6.87. The van der Waals surface area contributed by atoms with Gasteiger partial charge < -0.3 is 9.47 Å². The van der Waals surface area contributed by atoms with Crippen LogP contribution in [-0.2, 0) is 14.3 Å². The lowest BCUT2D eigenvalue weighted by Gasteiger charge is -2.02. The minimum absolute atomic E-state index is 0.0618. The van der Waals surface area contributed by atoms with Crippen molar-refractivity contribution in [2.45, 2.75) is 44.9 Å². The van der Waals surface area contributed by atoms with Gasteiger partial charge in [0.2, 0.25) is 0 Å². The molecule has 0 N–H and O–H groups in total. The van der Waals surface area contributed by atoms with Gasteiger partial charge >= 0.3 is 5.97 Å². The summed E-state index contributed by atoms with van der Waals surface area (Å²) in [6.07, 6.45) is 9.13. The van der Waals surface area contributed by atoms with E-state index in [2.05, 4.69) is 26.4 Å². The van der Waals surface area contributed by atoms with Crippen LogP contribution in [0.25, 0.3) is 0 Å². The van der Waals surface area contributed by atoms with Crippen LogP contribution in [-0.4, -0.2) is 19.9 Å².